The van der Waals surface area contributed by atoms with Gasteiger partial charge in [-0.15, -0.1) is 0 Å². The van der Waals surface area contributed by atoms with Crippen LogP contribution in [-0.2, 0) is 20.1 Å². The second kappa shape index (κ2) is 9.61. The maximum Gasteiger partial charge on any atom is 0.419 e. The van der Waals surface area contributed by atoms with E-state index in [-0.39, 0.29) is 21.9 Å². The maximum absolute atomic E-state index is 14.0. The van der Waals surface area contributed by atoms with Gasteiger partial charge in [-0.2, -0.15) is 13.2 Å². The molecule has 3 rings (SSSR count). The van der Waals surface area contributed by atoms with Crippen molar-refractivity contribution in [2.24, 2.45) is 5.73 Å². The fraction of sp³-hybridized carbons (Fsp3) is 0.333. The van der Waals surface area contributed by atoms with Gasteiger partial charge >= 0.3 is 6.18 Å². The van der Waals surface area contributed by atoms with Gasteiger partial charge in [0.25, 0.3) is 0 Å². The lowest BCUT2D eigenvalue weighted by atomic mass is 9.93. The molecule has 1 unspecified atom stereocenters. The van der Waals surface area contributed by atoms with Crippen molar-refractivity contribution in [3.63, 3.8) is 0 Å². The molecule has 0 amide bonds. The van der Waals surface area contributed by atoms with Crippen LogP contribution < -0.4 is 26.4 Å². The van der Waals surface area contributed by atoms with Gasteiger partial charge in [0.15, 0.2) is 9.84 Å². The zero-order chi connectivity index (χ0) is 27.1. The fourth-order valence-electron chi connectivity index (χ4n) is 3.68. The van der Waals surface area contributed by atoms with E-state index in [1.54, 1.807) is 25.5 Å². The highest BCUT2D eigenvalue weighted by Crippen LogP contribution is 2.41. The Kier molecular flexibility index (Phi) is 7.43. The van der Waals surface area contributed by atoms with Crippen molar-refractivity contribution < 1.29 is 30.9 Å². The Morgan fingerprint density at radius 3 is 2.33 bits per heavy atom. The molecule has 0 bridgehead atoms. The van der Waals surface area contributed by atoms with Crippen molar-refractivity contribution in [3.8, 4) is 5.75 Å². The van der Waals surface area contributed by atoms with Crippen LogP contribution in [0.25, 0.3) is 0 Å². The smallest absolute Gasteiger partial charge is 0.419 e. The number of sulfone groups is 1. The van der Waals surface area contributed by atoms with Crippen molar-refractivity contribution >= 4 is 28.0 Å². The predicted octanol–water partition coefficient (Wildman–Crippen LogP) is 4.28. The fourth-order valence-corrected chi connectivity index (χ4v) is 5.76. The summed E-state index contributed by atoms with van der Waals surface area (Å²) in [6, 6.07) is 10.4. The predicted molar refractivity (Wildman–Crippen MR) is 136 cm³/mol. The topological polar surface area (TPSA) is 111 Å². The average Bonchev–Trinajstić information content (AvgIpc) is 2.77. The molecule has 4 N–H and O–H groups in total. The summed E-state index contributed by atoms with van der Waals surface area (Å²) >= 11 is 0. The SMILES string of the molecule is COc1ccc(P(C)(C)=O)cc1C1(N)C=C(Nc2ccccc2S(=O)(=O)C(C)C)C(C(F)(F)F)=CN1. The van der Waals surface area contributed by atoms with Crippen molar-refractivity contribution in [3.05, 3.63) is 71.6 Å². The van der Waals surface area contributed by atoms with Crippen LogP contribution in [-0.4, -0.2) is 40.3 Å². The van der Waals surface area contributed by atoms with Crippen LogP contribution in [0.15, 0.2) is 70.9 Å². The first-order valence-electron chi connectivity index (χ1n) is 10.9. The van der Waals surface area contributed by atoms with Crippen molar-refractivity contribution in [2.45, 2.75) is 35.8 Å². The number of para-hydroxylation sites is 1. The summed E-state index contributed by atoms with van der Waals surface area (Å²) in [4.78, 5) is -0.138. The van der Waals surface area contributed by atoms with Crippen LogP contribution in [0.2, 0.25) is 0 Å². The molecule has 2 aromatic rings. The average molecular weight is 544 g/mol. The number of hydrogen-bond donors (Lipinski definition) is 3. The number of ether oxygens (including phenoxy) is 1. The maximum atomic E-state index is 14.0. The number of hydrogen-bond acceptors (Lipinski definition) is 7. The quantitative estimate of drug-likeness (QED) is 0.447. The molecular formula is C24H29F3N3O4PS. The largest absolute Gasteiger partial charge is 0.496 e. The van der Waals surface area contributed by atoms with Crippen LogP contribution in [0.4, 0.5) is 18.9 Å². The highest BCUT2D eigenvalue weighted by molar-refractivity contribution is 7.92. The Balaban J connectivity index is 2.21. The highest BCUT2D eigenvalue weighted by Gasteiger charge is 2.42. The first-order valence-corrected chi connectivity index (χ1v) is 15.1. The Morgan fingerprint density at radius 1 is 1.14 bits per heavy atom. The van der Waals surface area contributed by atoms with Gasteiger partial charge in [-0.25, -0.2) is 8.42 Å². The molecule has 1 aliphatic rings. The van der Waals surface area contributed by atoms with Crippen molar-refractivity contribution in [1.82, 2.24) is 5.32 Å². The van der Waals surface area contributed by atoms with E-state index in [4.69, 9.17) is 10.5 Å². The lowest BCUT2D eigenvalue weighted by Gasteiger charge is -2.35. The third kappa shape index (κ3) is 5.48. The van der Waals surface area contributed by atoms with E-state index in [2.05, 4.69) is 10.6 Å². The van der Waals surface area contributed by atoms with Crippen LogP contribution in [0.5, 0.6) is 5.75 Å². The number of benzene rings is 2. The minimum atomic E-state index is -4.78. The molecule has 2 aromatic carbocycles. The highest BCUT2D eigenvalue weighted by atomic mass is 32.2. The van der Waals surface area contributed by atoms with Gasteiger partial charge in [0.2, 0.25) is 0 Å². The normalized spacial score (nSPS) is 18.8. The van der Waals surface area contributed by atoms with E-state index in [0.717, 1.165) is 12.3 Å². The number of anilines is 1. The molecular weight excluding hydrogens is 514 g/mol. The second-order valence-electron chi connectivity index (χ2n) is 9.08. The number of halogens is 3. The van der Waals surface area contributed by atoms with Crippen LogP contribution in [0.3, 0.4) is 0 Å². The number of alkyl halides is 3. The molecule has 196 valence electrons. The summed E-state index contributed by atoms with van der Waals surface area (Å²) in [5.41, 5.74) is 3.56. The summed E-state index contributed by atoms with van der Waals surface area (Å²) in [6.07, 6.45) is -2.94. The van der Waals surface area contributed by atoms with E-state index in [1.807, 2.05) is 0 Å². The summed E-state index contributed by atoms with van der Waals surface area (Å²) < 4.78 is 85.7. The van der Waals surface area contributed by atoms with E-state index < -0.39 is 45.3 Å². The molecule has 1 atom stereocenters. The van der Waals surface area contributed by atoms with E-state index in [9.17, 15) is 26.2 Å². The van der Waals surface area contributed by atoms with Gasteiger partial charge in [-0.3, -0.25) is 0 Å². The molecule has 0 saturated carbocycles. The standard InChI is InChI=1S/C24H29F3N3O4PS/c1-15(2)36(32,33)22-9-7-6-8-19(22)30-20-13-23(28,29-14-18(20)24(25,26)27)17-12-16(35(4,5)31)10-11-21(17)34-3/h6-15,29-30H,28H2,1-5H3. The number of nitrogens with one attached hydrogen (secondary N) is 2. The van der Waals surface area contributed by atoms with Gasteiger partial charge in [0, 0.05) is 17.1 Å². The molecule has 0 aromatic heterocycles. The van der Waals surface area contributed by atoms with E-state index in [0.29, 0.717) is 5.30 Å². The first-order chi connectivity index (χ1) is 16.5. The molecule has 7 nitrogen and oxygen atoms in total. The monoisotopic (exact) mass is 543 g/mol. The Labute approximate surface area is 208 Å². The molecule has 12 heteroatoms. The van der Waals surface area contributed by atoms with Gasteiger partial charge < -0.3 is 25.7 Å². The summed E-state index contributed by atoms with van der Waals surface area (Å²) in [5.74, 6) is 0.268. The zero-order valence-corrected chi connectivity index (χ0v) is 22.2. The molecule has 0 aliphatic carbocycles. The minimum absolute atomic E-state index is 0.0239. The molecule has 0 saturated heterocycles. The Hall–Kier alpha value is -2.75. The molecule has 36 heavy (non-hydrogen) atoms. The van der Waals surface area contributed by atoms with Gasteiger partial charge in [-0.05, 0) is 63.6 Å². The number of dihydropyridines is 1. The molecule has 0 fully saturated rings. The van der Waals surface area contributed by atoms with E-state index in [1.165, 1.54) is 51.3 Å². The van der Waals surface area contributed by atoms with Crippen molar-refractivity contribution in [2.75, 3.05) is 25.8 Å². The number of allylic oxidation sites excluding steroid dienone is 1. The molecule has 1 aliphatic heterocycles. The van der Waals surface area contributed by atoms with Crippen molar-refractivity contribution in [1.29, 1.82) is 0 Å². The van der Waals surface area contributed by atoms with Crippen LogP contribution in [0, 0.1) is 0 Å². The molecule has 1 heterocycles. The Bertz CT molecular complexity index is 1380. The summed E-state index contributed by atoms with van der Waals surface area (Å²) in [5, 5.41) is 4.92. The van der Waals surface area contributed by atoms with Gasteiger partial charge in [-0.1, -0.05) is 12.1 Å². The third-order valence-corrected chi connectivity index (χ3v) is 9.49. The number of rotatable bonds is 7. The van der Waals surface area contributed by atoms with Crippen LogP contribution >= 0.6 is 7.14 Å². The molecule has 0 spiro atoms. The van der Waals surface area contributed by atoms with Gasteiger partial charge in [0.1, 0.15) is 18.6 Å². The number of methoxy groups -OCH3 is 1. The summed E-state index contributed by atoms with van der Waals surface area (Å²) in [6.45, 7) is 6.10. The Morgan fingerprint density at radius 2 is 1.78 bits per heavy atom. The lowest BCUT2D eigenvalue weighted by molar-refractivity contribution is -0.0900. The third-order valence-electron chi connectivity index (χ3n) is 5.76. The zero-order valence-electron chi connectivity index (χ0n) is 20.5. The first kappa shape index (κ1) is 27.8. The van der Waals surface area contributed by atoms with Crippen LogP contribution in [0.1, 0.15) is 19.4 Å². The summed E-state index contributed by atoms with van der Waals surface area (Å²) in [7, 11) is -5.17. The number of nitrogens with two attached hydrogens (primary N) is 1. The lowest BCUT2D eigenvalue weighted by Crippen LogP contribution is -2.50. The van der Waals surface area contributed by atoms with E-state index >= 15 is 0 Å². The molecule has 0 radical (unpaired) electrons. The second-order valence-corrected chi connectivity index (χ2v) is 14.8. The minimum Gasteiger partial charge on any atom is -0.496 e. The van der Waals surface area contributed by atoms with Gasteiger partial charge in [0.05, 0.1) is 34.2 Å².